The standard InChI is InChI=1S/C52H41N/c1-4-36-14-10-15-38(42(36)5-2)31-30-37(32-33-53)40-16-11-17-41(34-40)51-47-18-6-8-20-49(47)52(50-21-9-7-19-48(50)51)46-25-13-23-44-43(22-12-24-45(44)46)39-28-26-35(3)27-29-39/h4-30,32-34H,1-2,31,53H2,3H3/b33-32-,37-30+. The lowest BCUT2D eigenvalue weighted by atomic mass is 9.83. The Morgan fingerprint density at radius 3 is 1.77 bits per heavy atom. The number of benzene rings is 8. The molecule has 0 aliphatic carbocycles. The van der Waals surface area contributed by atoms with E-state index in [-0.39, 0.29) is 0 Å². The monoisotopic (exact) mass is 679 g/mol. The van der Waals surface area contributed by atoms with Crippen LogP contribution in [0, 0.1) is 6.92 Å². The molecule has 0 amide bonds. The lowest BCUT2D eigenvalue weighted by Gasteiger charge is -2.20. The van der Waals surface area contributed by atoms with Crippen molar-refractivity contribution in [2.24, 2.45) is 5.73 Å². The zero-order chi connectivity index (χ0) is 36.3. The molecular formula is C52H41N. The van der Waals surface area contributed by atoms with Crippen molar-refractivity contribution in [2.75, 3.05) is 0 Å². The lowest BCUT2D eigenvalue weighted by Crippen LogP contribution is -1.94. The second-order valence-electron chi connectivity index (χ2n) is 13.5. The lowest BCUT2D eigenvalue weighted by molar-refractivity contribution is 1.25. The molecule has 0 spiro atoms. The first-order valence-electron chi connectivity index (χ1n) is 18.2. The van der Waals surface area contributed by atoms with E-state index in [1.165, 1.54) is 71.3 Å². The molecule has 0 aliphatic rings. The third kappa shape index (κ3) is 6.17. The molecule has 0 unspecified atom stereocenters. The summed E-state index contributed by atoms with van der Waals surface area (Å²) >= 11 is 0. The number of rotatable bonds is 9. The Hall–Kier alpha value is -6.70. The van der Waals surface area contributed by atoms with Gasteiger partial charge >= 0.3 is 0 Å². The van der Waals surface area contributed by atoms with Crippen LogP contribution in [-0.4, -0.2) is 0 Å². The van der Waals surface area contributed by atoms with Crippen LogP contribution in [0.5, 0.6) is 0 Å². The van der Waals surface area contributed by atoms with E-state index < -0.39 is 0 Å². The molecule has 0 saturated carbocycles. The Balaban J connectivity index is 1.31. The molecule has 0 heterocycles. The van der Waals surface area contributed by atoms with E-state index in [4.69, 9.17) is 5.73 Å². The average Bonchev–Trinajstić information content (AvgIpc) is 3.21. The molecule has 2 N–H and O–H groups in total. The maximum absolute atomic E-state index is 6.04. The van der Waals surface area contributed by atoms with Gasteiger partial charge in [0.15, 0.2) is 0 Å². The fourth-order valence-electron chi connectivity index (χ4n) is 7.94. The van der Waals surface area contributed by atoms with E-state index in [9.17, 15) is 0 Å². The second kappa shape index (κ2) is 14.5. The van der Waals surface area contributed by atoms with Gasteiger partial charge in [-0.05, 0) is 125 Å². The van der Waals surface area contributed by atoms with Crippen LogP contribution in [0.15, 0.2) is 183 Å². The largest absolute Gasteiger partial charge is 0.405 e. The highest BCUT2D eigenvalue weighted by molar-refractivity contribution is 6.24. The van der Waals surface area contributed by atoms with Crippen LogP contribution in [0.4, 0.5) is 0 Å². The number of hydrogen-bond acceptors (Lipinski definition) is 1. The molecule has 254 valence electrons. The Labute approximate surface area is 312 Å². The minimum atomic E-state index is 0.740. The van der Waals surface area contributed by atoms with E-state index in [2.05, 4.69) is 178 Å². The molecule has 0 radical (unpaired) electrons. The first-order chi connectivity index (χ1) is 26.1. The van der Waals surface area contributed by atoms with Crippen LogP contribution < -0.4 is 5.73 Å². The van der Waals surface area contributed by atoms with Gasteiger partial charge in [0.2, 0.25) is 0 Å². The summed E-state index contributed by atoms with van der Waals surface area (Å²) in [6.07, 6.45) is 10.4. The highest BCUT2D eigenvalue weighted by Gasteiger charge is 2.19. The predicted molar refractivity (Wildman–Crippen MR) is 232 cm³/mol. The summed E-state index contributed by atoms with van der Waals surface area (Å²) in [7, 11) is 0. The zero-order valence-corrected chi connectivity index (χ0v) is 30.0. The van der Waals surface area contributed by atoms with Gasteiger partial charge in [0.1, 0.15) is 0 Å². The third-order valence-electron chi connectivity index (χ3n) is 10.4. The zero-order valence-electron chi connectivity index (χ0n) is 30.0. The highest BCUT2D eigenvalue weighted by Crippen LogP contribution is 2.46. The fraction of sp³-hybridized carbons (Fsp3) is 0.0385. The van der Waals surface area contributed by atoms with E-state index in [0.717, 1.165) is 34.2 Å². The van der Waals surface area contributed by atoms with E-state index in [1.807, 2.05) is 18.2 Å². The SMILES string of the molecule is C=Cc1cccc(C/C=C(\C=C/N)c2cccc(-c3c4ccccc4c(-c4cccc5c(-c6ccc(C)cc6)cccc45)c4ccccc34)c2)c1C=C. The quantitative estimate of drug-likeness (QED) is 0.119. The van der Waals surface area contributed by atoms with E-state index in [1.54, 1.807) is 6.20 Å². The van der Waals surface area contributed by atoms with Gasteiger partial charge in [-0.3, -0.25) is 0 Å². The molecular weight excluding hydrogens is 639 g/mol. The molecule has 0 aromatic heterocycles. The molecule has 8 aromatic carbocycles. The van der Waals surface area contributed by atoms with Gasteiger partial charge in [-0.2, -0.15) is 0 Å². The molecule has 1 heteroatoms. The van der Waals surface area contributed by atoms with Crippen LogP contribution >= 0.6 is 0 Å². The number of hydrogen-bond donors (Lipinski definition) is 1. The van der Waals surface area contributed by atoms with Crippen molar-refractivity contribution in [1.82, 2.24) is 0 Å². The van der Waals surface area contributed by atoms with Crippen molar-refractivity contribution in [2.45, 2.75) is 13.3 Å². The Bertz CT molecular complexity index is 2680. The third-order valence-corrected chi connectivity index (χ3v) is 10.4. The second-order valence-corrected chi connectivity index (χ2v) is 13.5. The van der Waals surface area contributed by atoms with Crippen molar-refractivity contribution in [3.05, 3.63) is 211 Å². The highest BCUT2D eigenvalue weighted by atomic mass is 14.5. The summed E-state index contributed by atoms with van der Waals surface area (Å²) in [6, 6.07) is 55.2. The van der Waals surface area contributed by atoms with Gasteiger partial charge in [-0.15, -0.1) is 0 Å². The molecule has 0 bridgehead atoms. The smallest absolute Gasteiger partial charge is 0.00201 e. The van der Waals surface area contributed by atoms with Gasteiger partial charge in [0.25, 0.3) is 0 Å². The number of aryl methyl sites for hydroxylation is 1. The van der Waals surface area contributed by atoms with Gasteiger partial charge in [0.05, 0.1) is 0 Å². The van der Waals surface area contributed by atoms with Crippen LogP contribution in [-0.2, 0) is 6.42 Å². The summed E-state index contributed by atoms with van der Waals surface area (Å²) in [5.74, 6) is 0. The summed E-state index contributed by atoms with van der Waals surface area (Å²) in [5, 5.41) is 7.41. The Morgan fingerprint density at radius 1 is 0.547 bits per heavy atom. The van der Waals surface area contributed by atoms with Gasteiger partial charge in [0, 0.05) is 0 Å². The van der Waals surface area contributed by atoms with E-state index >= 15 is 0 Å². The van der Waals surface area contributed by atoms with Crippen molar-refractivity contribution in [3.63, 3.8) is 0 Å². The van der Waals surface area contributed by atoms with Crippen LogP contribution in [0.1, 0.15) is 27.8 Å². The molecule has 53 heavy (non-hydrogen) atoms. The van der Waals surface area contributed by atoms with Gasteiger partial charge < -0.3 is 5.73 Å². The average molecular weight is 680 g/mol. The molecule has 0 saturated heterocycles. The Morgan fingerprint density at radius 2 is 1.13 bits per heavy atom. The minimum absolute atomic E-state index is 0.740. The van der Waals surface area contributed by atoms with Crippen molar-refractivity contribution < 1.29 is 0 Å². The minimum Gasteiger partial charge on any atom is -0.405 e. The number of allylic oxidation sites excluding steroid dienone is 3. The summed E-state index contributed by atoms with van der Waals surface area (Å²) in [5.41, 5.74) is 20.2. The summed E-state index contributed by atoms with van der Waals surface area (Å²) in [4.78, 5) is 0. The fourth-order valence-corrected chi connectivity index (χ4v) is 7.94. The van der Waals surface area contributed by atoms with Crippen LogP contribution in [0.25, 0.3) is 83.4 Å². The summed E-state index contributed by atoms with van der Waals surface area (Å²) in [6.45, 7) is 10.2. The maximum atomic E-state index is 6.04. The van der Waals surface area contributed by atoms with Crippen LogP contribution in [0.2, 0.25) is 0 Å². The molecule has 0 atom stereocenters. The summed E-state index contributed by atoms with van der Waals surface area (Å²) < 4.78 is 0. The molecule has 8 aromatic rings. The van der Waals surface area contributed by atoms with Gasteiger partial charge in [-0.25, -0.2) is 0 Å². The van der Waals surface area contributed by atoms with Crippen LogP contribution in [0.3, 0.4) is 0 Å². The Kier molecular flexibility index (Phi) is 9.15. The molecule has 1 nitrogen and oxygen atoms in total. The number of nitrogens with two attached hydrogens (primary N) is 1. The van der Waals surface area contributed by atoms with Crippen molar-refractivity contribution in [1.29, 1.82) is 0 Å². The maximum Gasteiger partial charge on any atom is -0.00201 e. The molecule has 0 fully saturated rings. The van der Waals surface area contributed by atoms with E-state index in [0.29, 0.717) is 0 Å². The normalized spacial score (nSPS) is 11.8. The molecule has 0 aliphatic heterocycles. The predicted octanol–water partition coefficient (Wildman–Crippen LogP) is 13.8. The van der Waals surface area contributed by atoms with Gasteiger partial charge in [-0.1, -0.05) is 183 Å². The topological polar surface area (TPSA) is 26.0 Å². The number of fused-ring (bicyclic) bond motifs is 3. The van der Waals surface area contributed by atoms with Crippen molar-refractivity contribution in [3.8, 4) is 33.4 Å². The van der Waals surface area contributed by atoms with Crippen molar-refractivity contribution >= 4 is 50.0 Å². The molecule has 8 rings (SSSR count). The first kappa shape index (κ1) is 33.4. The first-order valence-corrected chi connectivity index (χ1v) is 18.2.